The van der Waals surface area contributed by atoms with E-state index in [-0.39, 0.29) is 6.54 Å². The van der Waals surface area contributed by atoms with Gasteiger partial charge in [-0.1, -0.05) is 54.6 Å². The predicted octanol–water partition coefficient (Wildman–Crippen LogP) is 3.27. The first kappa shape index (κ1) is 21.6. The van der Waals surface area contributed by atoms with Gasteiger partial charge in [-0.05, 0) is 29.8 Å². The molecular formula is C24H22N2O5. The van der Waals surface area contributed by atoms with Crippen molar-refractivity contribution in [3.05, 3.63) is 84.4 Å². The molecule has 0 bridgehead atoms. The maximum atomic E-state index is 12.2. The molecule has 0 unspecified atom stereocenters. The average Bonchev–Trinajstić information content (AvgIpc) is 2.82. The minimum Gasteiger partial charge on any atom is -0.497 e. The SMILES string of the molecule is COc1cccc(C(=O)NCC(=O)OCC(=O)Nc2ccccc2-c2ccccc2)c1. The number of hydrogen-bond acceptors (Lipinski definition) is 5. The van der Waals surface area contributed by atoms with E-state index >= 15 is 0 Å². The Morgan fingerprint density at radius 2 is 1.61 bits per heavy atom. The van der Waals surface area contributed by atoms with Crippen LogP contribution in [0.5, 0.6) is 5.75 Å². The fraction of sp³-hybridized carbons (Fsp3) is 0.125. The van der Waals surface area contributed by atoms with E-state index in [0.717, 1.165) is 11.1 Å². The molecule has 0 aliphatic heterocycles. The monoisotopic (exact) mass is 418 g/mol. The number of para-hydroxylation sites is 1. The second-order valence-corrected chi connectivity index (χ2v) is 6.54. The van der Waals surface area contributed by atoms with Gasteiger partial charge in [-0.3, -0.25) is 14.4 Å². The van der Waals surface area contributed by atoms with Crippen LogP contribution in [0.1, 0.15) is 10.4 Å². The largest absolute Gasteiger partial charge is 0.497 e. The fourth-order valence-electron chi connectivity index (χ4n) is 2.86. The van der Waals surface area contributed by atoms with Gasteiger partial charge in [0.2, 0.25) is 0 Å². The Bertz CT molecular complexity index is 1070. The van der Waals surface area contributed by atoms with E-state index in [1.165, 1.54) is 7.11 Å². The Morgan fingerprint density at radius 1 is 0.871 bits per heavy atom. The number of hydrogen-bond donors (Lipinski definition) is 2. The quantitative estimate of drug-likeness (QED) is 0.548. The van der Waals surface area contributed by atoms with E-state index in [1.54, 1.807) is 30.3 Å². The molecule has 0 fully saturated rings. The Kier molecular flexibility index (Phi) is 7.37. The van der Waals surface area contributed by atoms with Crippen molar-refractivity contribution >= 4 is 23.5 Å². The van der Waals surface area contributed by atoms with Gasteiger partial charge < -0.3 is 20.1 Å². The minimum atomic E-state index is -0.720. The van der Waals surface area contributed by atoms with Crippen molar-refractivity contribution in [3.63, 3.8) is 0 Å². The highest BCUT2D eigenvalue weighted by Gasteiger charge is 2.13. The van der Waals surface area contributed by atoms with Gasteiger partial charge in [-0.25, -0.2) is 0 Å². The van der Waals surface area contributed by atoms with Crippen molar-refractivity contribution < 1.29 is 23.9 Å². The van der Waals surface area contributed by atoms with Crippen LogP contribution in [-0.2, 0) is 14.3 Å². The highest BCUT2D eigenvalue weighted by atomic mass is 16.5. The van der Waals surface area contributed by atoms with Gasteiger partial charge in [0.1, 0.15) is 12.3 Å². The zero-order chi connectivity index (χ0) is 22.1. The van der Waals surface area contributed by atoms with Gasteiger partial charge in [-0.15, -0.1) is 0 Å². The second kappa shape index (κ2) is 10.6. The molecule has 0 spiro atoms. The van der Waals surface area contributed by atoms with Gasteiger partial charge in [0, 0.05) is 16.8 Å². The number of carbonyl (C=O) groups is 3. The average molecular weight is 418 g/mol. The van der Waals surface area contributed by atoms with Crippen LogP contribution in [0.15, 0.2) is 78.9 Å². The molecule has 158 valence electrons. The summed E-state index contributed by atoms with van der Waals surface area (Å²) in [7, 11) is 1.50. The van der Waals surface area contributed by atoms with Crippen molar-refractivity contribution in [2.45, 2.75) is 0 Å². The molecule has 0 aromatic heterocycles. The van der Waals surface area contributed by atoms with E-state index in [2.05, 4.69) is 10.6 Å². The molecule has 31 heavy (non-hydrogen) atoms. The highest BCUT2D eigenvalue weighted by Crippen LogP contribution is 2.27. The molecule has 0 radical (unpaired) electrons. The van der Waals surface area contributed by atoms with Crippen molar-refractivity contribution in [2.75, 3.05) is 25.6 Å². The second-order valence-electron chi connectivity index (χ2n) is 6.54. The zero-order valence-corrected chi connectivity index (χ0v) is 17.0. The van der Waals surface area contributed by atoms with Crippen LogP contribution in [0.3, 0.4) is 0 Å². The molecule has 0 atom stereocenters. The first-order chi connectivity index (χ1) is 15.1. The van der Waals surface area contributed by atoms with Gasteiger partial charge >= 0.3 is 5.97 Å². The Morgan fingerprint density at radius 3 is 2.39 bits per heavy atom. The summed E-state index contributed by atoms with van der Waals surface area (Å²) >= 11 is 0. The van der Waals surface area contributed by atoms with Gasteiger partial charge in [0.25, 0.3) is 11.8 Å². The highest BCUT2D eigenvalue weighted by molar-refractivity contribution is 5.98. The number of nitrogens with one attached hydrogen (secondary N) is 2. The number of amides is 2. The first-order valence-corrected chi connectivity index (χ1v) is 9.59. The molecule has 2 amide bonds. The molecular weight excluding hydrogens is 396 g/mol. The zero-order valence-electron chi connectivity index (χ0n) is 17.0. The molecule has 0 saturated carbocycles. The lowest BCUT2D eigenvalue weighted by molar-refractivity contribution is -0.146. The topological polar surface area (TPSA) is 93.7 Å². The number of ether oxygens (including phenoxy) is 2. The number of benzene rings is 3. The van der Waals surface area contributed by atoms with Crippen molar-refractivity contribution in [2.24, 2.45) is 0 Å². The summed E-state index contributed by atoms with van der Waals surface area (Å²) in [6, 6.07) is 23.5. The summed E-state index contributed by atoms with van der Waals surface area (Å²) in [5.74, 6) is -1.11. The van der Waals surface area contributed by atoms with Crippen molar-refractivity contribution in [3.8, 4) is 16.9 Å². The summed E-state index contributed by atoms with van der Waals surface area (Å²) < 4.78 is 10.0. The molecule has 3 aromatic rings. The molecule has 0 heterocycles. The van der Waals surface area contributed by atoms with E-state index in [4.69, 9.17) is 9.47 Å². The lowest BCUT2D eigenvalue weighted by Crippen LogP contribution is -2.32. The van der Waals surface area contributed by atoms with Crippen LogP contribution in [0.2, 0.25) is 0 Å². The summed E-state index contributed by atoms with van der Waals surface area (Å²) in [5, 5.41) is 5.20. The van der Waals surface area contributed by atoms with Crippen LogP contribution in [-0.4, -0.2) is 38.0 Å². The summed E-state index contributed by atoms with van der Waals surface area (Å²) in [4.78, 5) is 36.3. The number of anilines is 1. The fourth-order valence-corrected chi connectivity index (χ4v) is 2.86. The van der Waals surface area contributed by atoms with Crippen molar-refractivity contribution in [1.82, 2.24) is 5.32 Å². The van der Waals surface area contributed by atoms with E-state index in [9.17, 15) is 14.4 Å². The smallest absolute Gasteiger partial charge is 0.325 e. The number of rotatable bonds is 8. The van der Waals surface area contributed by atoms with Crippen LogP contribution < -0.4 is 15.4 Å². The van der Waals surface area contributed by atoms with Crippen LogP contribution in [0.25, 0.3) is 11.1 Å². The number of methoxy groups -OCH3 is 1. The maximum absolute atomic E-state index is 12.2. The van der Waals surface area contributed by atoms with Gasteiger partial charge in [0.15, 0.2) is 6.61 Å². The molecule has 0 aliphatic rings. The normalized spacial score (nSPS) is 10.1. The van der Waals surface area contributed by atoms with Gasteiger partial charge in [0.05, 0.1) is 7.11 Å². The standard InChI is InChI=1S/C24H22N2O5/c1-30-19-11-7-10-18(14-19)24(29)25-15-23(28)31-16-22(27)26-21-13-6-5-12-20(21)17-8-3-2-4-9-17/h2-14H,15-16H2,1H3,(H,25,29)(H,26,27). The number of esters is 1. The molecule has 2 N–H and O–H groups in total. The summed E-state index contributed by atoms with van der Waals surface area (Å²) in [6.45, 7) is -0.819. The Balaban J connectivity index is 1.49. The van der Waals surface area contributed by atoms with Crippen molar-refractivity contribution in [1.29, 1.82) is 0 Å². The molecule has 0 aliphatic carbocycles. The molecule has 3 aromatic carbocycles. The minimum absolute atomic E-state index is 0.349. The number of carbonyl (C=O) groups excluding carboxylic acids is 3. The predicted molar refractivity (Wildman–Crippen MR) is 117 cm³/mol. The van der Waals surface area contributed by atoms with Gasteiger partial charge in [-0.2, -0.15) is 0 Å². The lowest BCUT2D eigenvalue weighted by atomic mass is 10.0. The van der Waals surface area contributed by atoms with E-state index < -0.39 is 24.4 Å². The lowest BCUT2D eigenvalue weighted by Gasteiger charge is -2.12. The summed E-state index contributed by atoms with van der Waals surface area (Å²) in [5.41, 5.74) is 2.77. The maximum Gasteiger partial charge on any atom is 0.325 e. The Labute approximate surface area is 180 Å². The third kappa shape index (κ3) is 6.17. The Hall–Kier alpha value is -4.13. The van der Waals surface area contributed by atoms with E-state index in [1.807, 2.05) is 48.5 Å². The molecule has 0 saturated heterocycles. The van der Waals surface area contributed by atoms with Crippen LogP contribution in [0, 0.1) is 0 Å². The third-order valence-corrected chi connectivity index (χ3v) is 4.38. The van der Waals surface area contributed by atoms with Crippen LogP contribution >= 0.6 is 0 Å². The van der Waals surface area contributed by atoms with E-state index in [0.29, 0.717) is 17.0 Å². The first-order valence-electron chi connectivity index (χ1n) is 9.59. The molecule has 3 rings (SSSR count). The molecule has 7 nitrogen and oxygen atoms in total. The third-order valence-electron chi connectivity index (χ3n) is 4.38. The van der Waals surface area contributed by atoms with Crippen LogP contribution in [0.4, 0.5) is 5.69 Å². The summed E-state index contributed by atoms with van der Waals surface area (Å²) in [6.07, 6.45) is 0. The molecule has 7 heteroatoms.